The molecule has 15 rings (SSSR count). The average Bonchev–Trinajstić information content (AvgIpc) is 0.819. The van der Waals surface area contributed by atoms with Gasteiger partial charge in [0.15, 0.2) is 0 Å². The number of Topliss-reactive ketones (excluding diaryl/α,β-unsaturated/α-hetero) is 1. The Labute approximate surface area is 538 Å². The first kappa shape index (κ1) is 62.6. The van der Waals surface area contributed by atoms with Gasteiger partial charge in [-0.25, -0.2) is 4.79 Å². The second-order valence-corrected chi connectivity index (χ2v) is 32.2. The molecule has 3 aromatic carbocycles. The molecule has 6 saturated carbocycles. The molecule has 0 aromatic heterocycles. The number of hydrogen-bond donors (Lipinski definition) is 7. The highest BCUT2D eigenvalue weighted by atomic mass is 33.1. The number of aliphatic hydroxyl groups is 5. The molecule has 90 heavy (non-hydrogen) atoms. The van der Waals surface area contributed by atoms with Crippen LogP contribution in [0.5, 0.6) is 11.5 Å². The van der Waals surface area contributed by atoms with Gasteiger partial charge in [-0.05, 0) is 184 Å². The monoisotopic (exact) mass is 1260 g/mol. The lowest BCUT2D eigenvalue weighted by molar-refractivity contribution is -0.228. The Balaban J connectivity index is 0.968. The maximum absolute atomic E-state index is 16.2. The number of fused-ring (bicyclic) bond motifs is 16. The van der Waals surface area contributed by atoms with Crippen molar-refractivity contribution in [2.75, 3.05) is 30.0 Å². The molecular formula is C75H91NO12S2. The SMILES string of the molecule is CC1(O)CNc2cc(C3C#CC4CC(=O)Oc5c4cc(c(O)c5C4CCCCC4)CC4OC(=O)C(=CC(O)Cc5cccc(c5)CC5C(=O)CCC6C5CC5CCCCC5C46O)C3)cc(c2)C(O)C23C#CC4CCC(OCC1O)C(CSSCC(CCC2)C3)C4. The molecule has 17 bridgehead atoms. The zero-order valence-corrected chi connectivity index (χ0v) is 53.8. The summed E-state index contributed by atoms with van der Waals surface area (Å²) in [5, 5.41) is 80.9. The number of rotatable bonds is 2. The molecule has 0 amide bonds. The van der Waals surface area contributed by atoms with Gasteiger partial charge in [0, 0.05) is 77.5 Å². The van der Waals surface area contributed by atoms with Crippen molar-refractivity contribution in [2.24, 2.45) is 52.8 Å². The highest BCUT2D eigenvalue weighted by Crippen LogP contribution is 2.60. The molecule has 13 nitrogen and oxygen atoms in total. The standard InChI is InChI=1S/C75H91NO12S2/c1-73(84)42-76-56-31-51(30-53(32-56)71(82)74-23-8-11-46(38-74)40-89-90-41-55-26-43(22-24-74)16-21-64(55)86-39-65(73)79)48-17-18-49-37-67(80)88-70-58(49)35-52(69(81)68(70)47-12-3-2-4-13-47)36-66-75(85)61-15-6-5-14-50(61)34-59-60(63(78)20-19-62(59)75)28-45-10-7-9-44(25-45)27-57(77)33-54(29-48)72(83)87-66/h7,9-10,25,30-33,35,43,46-50,55,57,59-62,64-66,71,76-77,79,81-82,84-85H,2-6,8,11-16,19-21,23,26-29,34,36-42H2,1H3. The molecule has 0 radical (unpaired) electrons. The van der Waals surface area contributed by atoms with Gasteiger partial charge in [-0.1, -0.05) is 121 Å². The van der Waals surface area contributed by atoms with E-state index in [1.807, 2.05) is 58.0 Å². The predicted molar refractivity (Wildman–Crippen MR) is 347 cm³/mol. The molecule has 15 heteroatoms. The Morgan fingerprint density at radius 3 is 2.38 bits per heavy atom. The third-order valence-corrected chi connectivity index (χ3v) is 26.5. The molecule has 6 fully saturated rings. The van der Waals surface area contributed by atoms with Crippen molar-refractivity contribution in [3.63, 3.8) is 0 Å². The van der Waals surface area contributed by atoms with E-state index in [0.29, 0.717) is 77.3 Å². The van der Waals surface area contributed by atoms with Crippen molar-refractivity contribution in [1.82, 2.24) is 0 Å². The van der Waals surface area contributed by atoms with Crippen molar-refractivity contribution in [3.8, 4) is 35.2 Å². The summed E-state index contributed by atoms with van der Waals surface area (Å²) >= 11 is 0. The lowest BCUT2D eigenvalue weighted by Crippen LogP contribution is -2.65. The number of nitrogens with one attached hydrogen (secondary N) is 1. The lowest BCUT2D eigenvalue weighted by atomic mass is 9.48. The number of phenolic OH excluding ortho intramolecular Hbond substituents is 1. The Morgan fingerprint density at radius 2 is 1.52 bits per heavy atom. The number of esters is 2. The second kappa shape index (κ2) is 25.8. The third kappa shape index (κ3) is 12.4. The molecule has 1 spiro atoms. The van der Waals surface area contributed by atoms with Crippen LogP contribution in [0, 0.1) is 76.4 Å². The number of benzene rings is 3. The number of carbonyl (C=O) groups excluding carboxylic acids is 3. The van der Waals surface area contributed by atoms with E-state index in [1.54, 1.807) is 13.0 Å². The summed E-state index contributed by atoms with van der Waals surface area (Å²) in [4.78, 5) is 44.9. The van der Waals surface area contributed by atoms with Crippen molar-refractivity contribution in [1.29, 1.82) is 0 Å². The van der Waals surface area contributed by atoms with Gasteiger partial charge >= 0.3 is 11.9 Å². The minimum atomic E-state index is -1.67. The minimum absolute atomic E-state index is 0.0218. The summed E-state index contributed by atoms with van der Waals surface area (Å²) in [7, 11) is 3.76. The smallest absolute Gasteiger partial charge is 0.334 e. The van der Waals surface area contributed by atoms with Gasteiger partial charge in [-0.2, -0.15) is 0 Å². The van der Waals surface area contributed by atoms with Crippen LogP contribution in [0.1, 0.15) is 205 Å². The van der Waals surface area contributed by atoms with Crippen molar-refractivity contribution >= 4 is 45.0 Å². The Bertz CT molecular complexity index is 3410. The summed E-state index contributed by atoms with van der Waals surface area (Å²) in [6, 6.07) is 15.7. The third-order valence-electron chi connectivity index (χ3n) is 23.8. The fraction of sp³-hybridized carbons (Fsp3) is 0.640. The molecule has 12 aliphatic rings. The van der Waals surface area contributed by atoms with Crippen molar-refractivity contribution in [3.05, 3.63) is 99.1 Å². The van der Waals surface area contributed by atoms with Gasteiger partial charge in [0.2, 0.25) is 0 Å². The first-order valence-electron chi connectivity index (χ1n) is 34.4. The topological polar surface area (TPSA) is 212 Å². The van der Waals surface area contributed by atoms with E-state index in [-0.39, 0.29) is 110 Å². The number of ketones is 1. The predicted octanol–water partition coefficient (Wildman–Crippen LogP) is 11.7. The molecule has 0 saturated heterocycles. The Kier molecular flexibility index (Phi) is 18.0. The van der Waals surface area contributed by atoms with Crippen LogP contribution in [0.3, 0.4) is 0 Å². The number of ether oxygens (including phenoxy) is 3. The molecular weight excluding hydrogens is 1170 g/mol. The molecule has 18 atom stereocenters. The van der Waals surface area contributed by atoms with Crippen LogP contribution in [-0.2, 0) is 43.1 Å². The van der Waals surface area contributed by atoms with Crippen LogP contribution in [0.25, 0.3) is 0 Å². The normalized spacial score (nSPS) is 38.9. The molecule has 6 aliphatic heterocycles. The molecule has 6 aliphatic carbocycles. The van der Waals surface area contributed by atoms with Crippen molar-refractivity contribution in [2.45, 2.75) is 220 Å². The lowest BCUT2D eigenvalue weighted by Gasteiger charge is -2.59. The summed E-state index contributed by atoms with van der Waals surface area (Å²) in [6.07, 6.45) is 12.4. The number of carbonyl (C=O) groups is 3. The first-order valence-corrected chi connectivity index (χ1v) is 36.9. The van der Waals surface area contributed by atoms with Gasteiger partial charge in [0.05, 0.1) is 42.7 Å². The maximum Gasteiger partial charge on any atom is 0.334 e. The second-order valence-electron chi connectivity index (χ2n) is 29.7. The van der Waals surface area contributed by atoms with Gasteiger partial charge in [-0.3, -0.25) is 9.59 Å². The van der Waals surface area contributed by atoms with Crippen LogP contribution in [-0.4, -0.2) is 109 Å². The van der Waals surface area contributed by atoms with Gasteiger partial charge in [0.25, 0.3) is 0 Å². The summed E-state index contributed by atoms with van der Waals surface area (Å²) in [5.74, 6) is 13.6. The van der Waals surface area contributed by atoms with E-state index in [2.05, 4.69) is 41.1 Å². The highest BCUT2D eigenvalue weighted by molar-refractivity contribution is 8.76. The van der Waals surface area contributed by atoms with Crippen LogP contribution in [0.4, 0.5) is 5.69 Å². The number of phenols is 1. The number of aromatic hydroxyl groups is 1. The van der Waals surface area contributed by atoms with Crippen LogP contribution in [0.15, 0.2) is 60.2 Å². The first-order chi connectivity index (χ1) is 43.5. The maximum atomic E-state index is 16.2. The zero-order valence-electron chi connectivity index (χ0n) is 52.2. The number of aliphatic hydroxyl groups excluding tert-OH is 3. The van der Waals surface area contributed by atoms with E-state index >= 15 is 4.79 Å². The Morgan fingerprint density at radius 1 is 0.733 bits per heavy atom. The number of hydrogen-bond acceptors (Lipinski definition) is 15. The zero-order chi connectivity index (χ0) is 62.1. The number of anilines is 1. The van der Waals surface area contributed by atoms with Crippen LogP contribution < -0.4 is 10.1 Å². The summed E-state index contributed by atoms with van der Waals surface area (Å²) in [6.45, 7) is 1.46. The average molecular weight is 1260 g/mol. The molecule has 480 valence electrons. The molecule has 6 heterocycles. The van der Waals surface area contributed by atoms with Crippen LogP contribution >= 0.6 is 21.6 Å². The largest absolute Gasteiger partial charge is 0.507 e. The van der Waals surface area contributed by atoms with Crippen LogP contribution in [0.2, 0.25) is 0 Å². The van der Waals surface area contributed by atoms with E-state index in [1.165, 1.54) is 0 Å². The van der Waals surface area contributed by atoms with Crippen molar-refractivity contribution < 1.29 is 59.2 Å². The van der Waals surface area contributed by atoms with E-state index in [0.717, 1.165) is 113 Å². The van der Waals surface area contributed by atoms with Gasteiger partial charge in [-0.15, -0.1) is 0 Å². The molecule has 18 unspecified atom stereocenters. The highest BCUT2D eigenvalue weighted by Gasteiger charge is 2.62. The fourth-order valence-corrected chi connectivity index (χ4v) is 21.9. The quantitative estimate of drug-likeness (QED) is 0.0550. The summed E-state index contributed by atoms with van der Waals surface area (Å²) < 4.78 is 20.0. The minimum Gasteiger partial charge on any atom is -0.507 e. The van der Waals surface area contributed by atoms with Gasteiger partial charge < -0.3 is 50.2 Å². The molecule has 7 N–H and O–H groups in total. The van der Waals surface area contributed by atoms with E-state index < -0.39 is 70.7 Å². The van der Waals surface area contributed by atoms with E-state index in [4.69, 9.17) is 14.2 Å². The molecule has 3 aromatic rings. The Hall–Kier alpha value is -4.81. The van der Waals surface area contributed by atoms with E-state index in [9.17, 15) is 40.2 Å². The summed E-state index contributed by atoms with van der Waals surface area (Å²) in [5.41, 5.74) is 1.27. The fourth-order valence-electron chi connectivity index (χ4n) is 19.0. The van der Waals surface area contributed by atoms with Gasteiger partial charge in [0.1, 0.15) is 40.7 Å².